The van der Waals surface area contributed by atoms with E-state index in [4.69, 9.17) is 9.47 Å². The van der Waals surface area contributed by atoms with E-state index in [0.717, 1.165) is 28.3 Å². The Labute approximate surface area is 165 Å². The highest BCUT2D eigenvalue weighted by Gasteiger charge is 2.21. The molecule has 2 heterocycles. The quantitative estimate of drug-likeness (QED) is 0.479. The molecule has 0 aliphatic rings. The third-order valence-corrected chi connectivity index (χ3v) is 5.15. The molecule has 2 aromatic carbocycles. The number of ether oxygens (including phenoxy) is 2. The second-order valence-electron chi connectivity index (χ2n) is 7.14. The molecule has 0 N–H and O–H groups in total. The van der Waals surface area contributed by atoms with E-state index >= 15 is 0 Å². The Morgan fingerprint density at radius 1 is 0.821 bits per heavy atom. The highest BCUT2D eigenvalue weighted by molar-refractivity contribution is 5.76. The van der Waals surface area contributed by atoms with Crippen LogP contribution in [0.2, 0.25) is 0 Å². The van der Waals surface area contributed by atoms with Gasteiger partial charge in [-0.25, -0.2) is 4.57 Å². The van der Waals surface area contributed by atoms with Gasteiger partial charge in [-0.15, -0.1) is 0 Å². The Morgan fingerprint density at radius 3 is 2.04 bits per heavy atom. The molecule has 0 unspecified atom stereocenters. The fraction of sp³-hybridized carbons (Fsp3) is 0.208. The monoisotopic (exact) mass is 373 g/mol. The number of imidazole rings is 1. The van der Waals surface area contributed by atoms with Gasteiger partial charge >= 0.3 is 0 Å². The molecule has 0 saturated heterocycles. The van der Waals surface area contributed by atoms with Gasteiger partial charge < -0.3 is 9.47 Å². The van der Waals surface area contributed by atoms with Crippen LogP contribution in [-0.2, 0) is 0 Å². The fourth-order valence-corrected chi connectivity index (χ4v) is 4.08. The molecule has 4 heteroatoms. The van der Waals surface area contributed by atoms with Crippen LogP contribution in [0.5, 0.6) is 11.5 Å². The van der Waals surface area contributed by atoms with Crippen molar-refractivity contribution >= 4 is 5.52 Å². The van der Waals surface area contributed by atoms with Crippen LogP contribution in [0.15, 0.2) is 61.1 Å². The van der Waals surface area contributed by atoms with Crippen molar-refractivity contribution < 1.29 is 14.0 Å². The van der Waals surface area contributed by atoms with Gasteiger partial charge in [-0.2, -0.15) is 4.40 Å². The summed E-state index contributed by atoms with van der Waals surface area (Å²) in [5.74, 6) is 1.57. The second kappa shape index (κ2) is 7.04. The Kier molecular flexibility index (Phi) is 4.55. The van der Waals surface area contributed by atoms with Gasteiger partial charge in [0.25, 0.3) is 6.33 Å². The van der Waals surface area contributed by atoms with Gasteiger partial charge in [-0.05, 0) is 56.2 Å². The zero-order chi connectivity index (χ0) is 19.8. The molecule has 0 radical (unpaired) electrons. The third-order valence-electron chi connectivity index (χ3n) is 5.15. The number of rotatable bonds is 4. The lowest BCUT2D eigenvalue weighted by atomic mass is 10.1. The first-order chi connectivity index (χ1) is 13.5. The predicted molar refractivity (Wildman–Crippen MR) is 112 cm³/mol. The van der Waals surface area contributed by atoms with Crippen LogP contribution < -0.4 is 14.0 Å². The van der Waals surface area contributed by atoms with E-state index in [0.29, 0.717) is 0 Å². The van der Waals surface area contributed by atoms with Crippen LogP contribution >= 0.6 is 0 Å². The van der Waals surface area contributed by atoms with Crippen molar-refractivity contribution in [2.45, 2.75) is 20.8 Å². The molecule has 142 valence electrons. The van der Waals surface area contributed by atoms with E-state index < -0.39 is 0 Å². The maximum Gasteiger partial charge on any atom is 0.254 e. The van der Waals surface area contributed by atoms with E-state index in [2.05, 4.69) is 72.6 Å². The zero-order valence-corrected chi connectivity index (χ0v) is 17.0. The van der Waals surface area contributed by atoms with E-state index in [-0.39, 0.29) is 0 Å². The molecule has 0 aliphatic carbocycles. The summed E-state index contributed by atoms with van der Waals surface area (Å²) in [7, 11) is 3.38. The van der Waals surface area contributed by atoms with Crippen molar-refractivity contribution in [2.24, 2.45) is 0 Å². The number of methoxy groups -OCH3 is 2. The van der Waals surface area contributed by atoms with Gasteiger partial charge in [-0.1, -0.05) is 29.8 Å². The summed E-state index contributed by atoms with van der Waals surface area (Å²) in [6, 6.07) is 16.6. The fourth-order valence-electron chi connectivity index (χ4n) is 4.08. The lowest BCUT2D eigenvalue weighted by Crippen LogP contribution is -2.29. The first kappa shape index (κ1) is 18.1. The van der Waals surface area contributed by atoms with E-state index in [9.17, 15) is 0 Å². The Balaban J connectivity index is 1.98. The molecular formula is C24H25N2O2+. The molecule has 0 atom stereocenters. The van der Waals surface area contributed by atoms with Crippen LogP contribution in [0, 0.1) is 20.8 Å². The van der Waals surface area contributed by atoms with Crippen molar-refractivity contribution in [2.75, 3.05) is 14.2 Å². The molecule has 0 bridgehead atoms. The molecule has 4 aromatic rings. The summed E-state index contributed by atoms with van der Waals surface area (Å²) < 4.78 is 15.6. The van der Waals surface area contributed by atoms with Gasteiger partial charge in [0.05, 0.1) is 14.2 Å². The lowest BCUT2D eigenvalue weighted by molar-refractivity contribution is -0.594. The van der Waals surface area contributed by atoms with Crippen molar-refractivity contribution in [3.05, 3.63) is 77.7 Å². The van der Waals surface area contributed by atoms with Gasteiger partial charge in [0, 0.05) is 0 Å². The predicted octanol–water partition coefficient (Wildman–Crippen LogP) is 4.83. The topological polar surface area (TPSA) is 26.8 Å². The summed E-state index contributed by atoms with van der Waals surface area (Å²) in [4.78, 5) is 0. The minimum atomic E-state index is 0.787. The zero-order valence-electron chi connectivity index (χ0n) is 17.0. The first-order valence-corrected chi connectivity index (χ1v) is 9.35. The van der Waals surface area contributed by atoms with Crippen molar-refractivity contribution in [1.82, 2.24) is 4.40 Å². The molecule has 0 spiro atoms. The largest absolute Gasteiger partial charge is 0.496 e. The van der Waals surface area contributed by atoms with Crippen LogP contribution in [0.3, 0.4) is 0 Å². The highest BCUT2D eigenvalue weighted by Crippen LogP contribution is 2.38. The molecular weight excluding hydrogens is 348 g/mol. The normalized spacial score (nSPS) is 11.0. The van der Waals surface area contributed by atoms with Crippen LogP contribution in [0.4, 0.5) is 0 Å². The molecule has 0 saturated carbocycles. The maximum atomic E-state index is 5.63. The van der Waals surface area contributed by atoms with Gasteiger partial charge in [-0.3, -0.25) is 0 Å². The molecule has 0 amide bonds. The molecule has 28 heavy (non-hydrogen) atoms. The first-order valence-electron chi connectivity index (χ1n) is 9.35. The standard InChI is InChI=1S/C24H25N2O2/c1-16-12-17(2)24(18(3)13-16)25-14-19-8-6-9-20(26(19)15-25)23-21(27-4)10-7-11-22(23)28-5/h6-15H,1-5H3/q+1. The van der Waals surface area contributed by atoms with Gasteiger partial charge in [0.1, 0.15) is 34.6 Å². The number of benzene rings is 2. The van der Waals surface area contributed by atoms with Gasteiger partial charge in [0.15, 0.2) is 5.52 Å². The van der Waals surface area contributed by atoms with Crippen molar-refractivity contribution in [1.29, 1.82) is 0 Å². The number of hydrogen-bond donors (Lipinski definition) is 0. The maximum absolute atomic E-state index is 5.63. The number of pyridine rings is 1. The summed E-state index contributed by atoms with van der Waals surface area (Å²) in [6.07, 6.45) is 4.29. The summed E-state index contributed by atoms with van der Waals surface area (Å²) >= 11 is 0. The van der Waals surface area contributed by atoms with E-state index in [1.54, 1.807) is 14.2 Å². The minimum Gasteiger partial charge on any atom is -0.496 e. The molecule has 0 aliphatic heterocycles. The Hall–Kier alpha value is -3.27. The molecule has 0 fully saturated rings. The third kappa shape index (κ3) is 2.91. The average Bonchev–Trinajstić information content (AvgIpc) is 3.10. The van der Waals surface area contributed by atoms with Crippen LogP contribution in [0.25, 0.3) is 22.5 Å². The Morgan fingerprint density at radius 2 is 1.43 bits per heavy atom. The number of aryl methyl sites for hydroxylation is 3. The number of nitrogens with zero attached hydrogens (tertiary/aromatic N) is 2. The molecule has 4 rings (SSSR count). The molecule has 2 aromatic heterocycles. The highest BCUT2D eigenvalue weighted by atomic mass is 16.5. The average molecular weight is 373 g/mol. The summed E-state index contributed by atoms with van der Waals surface area (Å²) in [6.45, 7) is 6.46. The van der Waals surface area contributed by atoms with E-state index in [1.807, 2.05) is 18.2 Å². The lowest BCUT2D eigenvalue weighted by Gasteiger charge is -2.12. The van der Waals surface area contributed by atoms with E-state index in [1.165, 1.54) is 22.4 Å². The number of hydrogen-bond acceptors (Lipinski definition) is 2. The van der Waals surface area contributed by atoms with Crippen molar-refractivity contribution in [3.63, 3.8) is 0 Å². The number of fused-ring (bicyclic) bond motifs is 1. The van der Waals surface area contributed by atoms with Crippen LogP contribution in [0.1, 0.15) is 16.7 Å². The minimum absolute atomic E-state index is 0.787. The summed E-state index contributed by atoms with van der Waals surface area (Å²) in [5, 5.41) is 0. The molecule has 4 nitrogen and oxygen atoms in total. The van der Waals surface area contributed by atoms with Crippen molar-refractivity contribution in [3.8, 4) is 28.4 Å². The summed E-state index contributed by atoms with van der Waals surface area (Å²) in [5.41, 5.74) is 8.08. The van der Waals surface area contributed by atoms with Crippen LogP contribution in [-0.4, -0.2) is 18.6 Å². The number of aromatic nitrogens is 2. The van der Waals surface area contributed by atoms with Gasteiger partial charge in [0.2, 0.25) is 0 Å². The SMILES string of the molecule is COc1cccc(OC)c1-c1cccc2c[n+](-c3c(C)cc(C)cc3C)cn12. The smallest absolute Gasteiger partial charge is 0.254 e. The second-order valence-corrected chi connectivity index (χ2v) is 7.14. The Bertz CT molecular complexity index is 1130.